The van der Waals surface area contributed by atoms with Crippen molar-refractivity contribution in [2.45, 2.75) is 50.9 Å². The molecular formula is C13H20FN3O. The number of nitriles is 1. The fourth-order valence-electron chi connectivity index (χ4n) is 2.91. The first-order valence-corrected chi connectivity index (χ1v) is 6.66. The van der Waals surface area contributed by atoms with E-state index < -0.39 is 12.2 Å². The Bertz CT molecular complexity index is 355. The van der Waals surface area contributed by atoms with Crippen LogP contribution in [-0.4, -0.2) is 42.2 Å². The van der Waals surface area contributed by atoms with Gasteiger partial charge in [-0.2, -0.15) is 5.26 Å². The van der Waals surface area contributed by atoms with Crippen molar-refractivity contribution >= 4 is 5.91 Å². The molecule has 4 nitrogen and oxygen atoms in total. The van der Waals surface area contributed by atoms with E-state index in [-0.39, 0.29) is 25.4 Å². The molecule has 1 saturated heterocycles. The molecule has 0 unspecified atom stereocenters. The van der Waals surface area contributed by atoms with Gasteiger partial charge in [0.1, 0.15) is 12.2 Å². The number of amides is 1. The summed E-state index contributed by atoms with van der Waals surface area (Å²) >= 11 is 0. The minimum absolute atomic E-state index is 0.0693. The Balaban J connectivity index is 1.79. The van der Waals surface area contributed by atoms with Gasteiger partial charge in [0.15, 0.2) is 0 Å². The van der Waals surface area contributed by atoms with Gasteiger partial charge >= 0.3 is 0 Å². The molecule has 2 rings (SSSR count). The zero-order chi connectivity index (χ0) is 13.1. The summed E-state index contributed by atoms with van der Waals surface area (Å²) in [5.41, 5.74) is 0. The third-order valence-electron chi connectivity index (χ3n) is 3.96. The van der Waals surface area contributed by atoms with E-state index in [4.69, 9.17) is 5.26 Å². The van der Waals surface area contributed by atoms with Crippen molar-refractivity contribution in [2.75, 3.05) is 13.1 Å². The number of hydrogen-bond donors (Lipinski definition) is 1. The van der Waals surface area contributed by atoms with Crippen LogP contribution in [0.25, 0.3) is 0 Å². The standard InChI is InChI=1S/C13H20FN3O/c1-9-2-3-11(4-9)16-7-13(18)17-8-10(14)5-12(17)6-15/h9-12,16H,2-5,7-8H2,1H3/t9-,10-,11+,12-/m0/s1. The number of halogens is 1. The van der Waals surface area contributed by atoms with Gasteiger partial charge in [-0.25, -0.2) is 4.39 Å². The maximum absolute atomic E-state index is 13.2. The molecular weight excluding hydrogens is 233 g/mol. The number of nitrogens with one attached hydrogen (secondary N) is 1. The first kappa shape index (κ1) is 13.3. The molecule has 1 amide bonds. The lowest BCUT2D eigenvalue weighted by atomic mass is 10.1. The topological polar surface area (TPSA) is 56.1 Å². The lowest BCUT2D eigenvalue weighted by Gasteiger charge is -2.21. The molecule has 5 heteroatoms. The van der Waals surface area contributed by atoms with Crippen LogP contribution in [0.4, 0.5) is 4.39 Å². The summed E-state index contributed by atoms with van der Waals surface area (Å²) in [5.74, 6) is 0.563. The van der Waals surface area contributed by atoms with E-state index >= 15 is 0 Å². The molecule has 0 bridgehead atoms. The van der Waals surface area contributed by atoms with Crippen molar-refractivity contribution in [1.82, 2.24) is 10.2 Å². The van der Waals surface area contributed by atoms with Gasteiger partial charge in [-0.05, 0) is 25.2 Å². The Hall–Kier alpha value is -1.15. The fourth-order valence-corrected chi connectivity index (χ4v) is 2.91. The maximum atomic E-state index is 13.2. The van der Waals surface area contributed by atoms with Gasteiger partial charge in [0, 0.05) is 12.5 Å². The number of rotatable bonds is 3. The van der Waals surface area contributed by atoms with Crippen LogP contribution in [0.15, 0.2) is 0 Å². The van der Waals surface area contributed by atoms with Gasteiger partial charge in [-0.15, -0.1) is 0 Å². The highest BCUT2D eigenvalue weighted by Crippen LogP contribution is 2.24. The molecule has 1 heterocycles. The zero-order valence-corrected chi connectivity index (χ0v) is 10.7. The summed E-state index contributed by atoms with van der Waals surface area (Å²) in [4.78, 5) is 13.3. The summed E-state index contributed by atoms with van der Waals surface area (Å²) in [6, 6.07) is 1.81. The maximum Gasteiger partial charge on any atom is 0.237 e. The van der Waals surface area contributed by atoms with Gasteiger partial charge in [0.25, 0.3) is 0 Å². The fraction of sp³-hybridized carbons (Fsp3) is 0.846. The quantitative estimate of drug-likeness (QED) is 0.823. The minimum atomic E-state index is -1.05. The van der Waals surface area contributed by atoms with E-state index in [0.29, 0.717) is 12.0 Å². The summed E-state index contributed by atoms with van der Waals surface area (Å²) in [7, 11) is 0. The van der Waals surface area contributed by atoms with Crippen LogP contribution in [-0.2, 0) is 4.79 Å². The number of nitrogens with zero attached hydrogens (tertiary/aromatic N) is 2. The van der Waals surface area contributed by atoms with Crippen LogP contribution >= 0.6 is 0 Å². The van der Waals surface area contributed by atoms with Crippen molar-refractivity contribution in [3.63, 3.8) is 0 Å². The molecule has 0 spiro atoms. The van der Waals surface area contributed by atoms with E-state index in [1.807, 2.05) is 6.07 Å². The number of carbonyl (C=O) groups is 1. The average Bonchev–Trinajstić information content (AvgIpc) is 2.92. The normalized spacial score (nSPS) is 35.7. The van der Waals surface area contributed by atoms with Crippen LogP contribution in [0.3, 0.4) is 0 Å². The predicted molar refractivity (Wildman–Crippen MR) is 65.4 cm³/mol. The summed E-state index contributed by atoms with van der Waals surface area (Å²) in [6.07, 6.45) is 2.50. The highest BCUT2D eigenvalue weighted by atomic mass is 19.1. The van der Waals surface area contributed by atoms with Crippen molar-refractivity contribution < 1.29 is 9.18 Å². The van der Waals surface area contributed by atoms with Crippen LogP contribution < -0.4 is 5.32 Å². The predicted octanol–water partition coefficient (Wildman–Crippen LogP) is 1.23. The number of carbonyl (C=O) groups excluding carboxylic acids is 1. The number of alkyl halides is 1. The van der Waals surface area contributed by atoms with E-state index in [1.54, 1.807) is 0 Å². The monoisotopic (exact) mass is 253 g/mol. The molecule has 0 aromatic heterocycles. The Labute approximate surface area is 107 Å². The second kappa shape index (κ2) is 5.66. The molecule has 100 valence electrons. The van der Waals surface area contributed by atoms with Crippen molar-refractivity contribution in [2.24, 2.45) is 5.92 Å². The molecule has 1 aliphatic heterocycles. The van der Waals surface area contributed by atoms with Crippen molar-refractivity contribution in [1.29, 1.82) is 5.26 Å². The largest absolute Gasteiger partial charge is 0.323 e. The van der Waals surface area contributed by atoms with Crippen LogP contribution in [0, 0.1) is 17.2 Å². The lowest BCUT2D eigenvalue weighted by Crippen LogP contribution is -2.43. The first-order chi connectivity index (χ1) is 8.60. The van der Waals surface area contributed by atoms with Crippen LogP contribution in [0.2, 0.25) is 0 Å². The Morgan fingerprint density at radius 1 is 1.50 bits per heavy atom. The number of hydrogen-bond acceptors (Lipinski definition) is 3. The smallest absolute Gasteiger partial charge is 0.237 e. The summed E-state index contributed by atoms with van der Waals surface area (Å²) in [5, 5.41) is 12.1. The molecule has 1 saturated carbocycles. The third-order valence-corrected chi connectivity index (χ3v) is 3.96. The summed E-state index contributed by atoms with van der Waals surface area (Å²) < 4.78 is 13.2. The second-order valence-electron chi connectivity index (χ2n) is 5.52. The Kier molecular flexibility index (Phi) is 4.18. The molecule has 0 aromatic carbocycles. The van der Waals surface area contributed by atoms with Crippen molar-refractivity contribution in [3.05, 3.63) is 0 Å². The molecule has 0 radical (unpaired) electrons. The molecule has 0 aromatic rings. The minimum Gasteiger partial charge on any atom is -0.323 e. The van der Waals surface area contributed by atoms with Crippen LogP contribution in [0.1, 0.15) is 32.6 Å². The first-order valence-electron chi connectivity index (χ1n) is 6.66. The van der Waals surface area contributed by atoms with Gasteiger partial charge in [0.05, 0.1) is 19.2 Å². The molecule has 2 fully saturated rings. The lowest BCUT2D eigenvalue weighted by molar-refractivity contribution is -0.130. The van der Waals surface area contributed by atoms with E-state index in [1.165, 1.54) is 11.3 Å². The van der Waals surface area contributed by atoms with Gasteiger partial charge < -0.3 is 10.2 Å². The van der Waals surface area contributed by atoms with Gasteiger partial charge in [-0.3, -0.25) is 4.79 Å². The second-order valence-corrected chi connectivity index (χ2v) is 5.52. The van der Waals surface area contributed by atoms with Crippen LogP contribution in [0.5, 0.6) is 0 Å². The summed E-state index contributed by atoms with van der Waals surface area (Å²) in [6.45, 7) is 2.51. The average molecular weight is 253 g/mol. The van der Waals surface area contributed by atoms with Crippen molar-refractivity contribution in [3.8, 4) is 6.07 Å². The molecule has 4 atom stereocenters. The zero-order valence-electron chi connectivity index (χ0n) is 10.7. The number of likely N-dealkylation sites (tertiary alicyclic amines) is 1. The molecule has 1 aliphatic carbocycles. The highest BCUT2D eigenvalue weighted by Gasteiger charge is 2.35. The molecule has 1 N–H and O–H groups in total. The Morgan fingerprint density at radius 3 is 2.89 bits per heavy atom. The van der Waals surface area contributed by atoms with E-state index in [9.17, 15) is 9.18 Å². The molecule has 18 heavy (non-hydrogen) atoms. The third kappa shape index (κ3) is 2.99. The van der Waals surface area contributed by atoms with E-state index in [2.05, 4.69) is 12.2 Å². The highest BCUT2D eigenvalue weighted by molar-refractivity contribution is 5.79. The van der Waals surface area contributed by atoms with Gasteiger partial charge in [0.2, 0.25) is 5.91 Å². The Morgan fingerprint density at radius 2 is 2.28 bits per heavy atom. The van der Waals surface area contributed by atoms with E-state index in [0.717, 1.165) is 12.8 Å². The SMILES string of the molecule is C[C@H]1CC[C@@H](NCC(=O)N2C[C@@H](F)C[C@H]2C#N)C1. The molecule has 2 aliphatic rings. The van der Waals surface area contributed by atoms with Gasteiger partial charge in [-0.1, -0.05) is 6.92 Å².